The summed E-state index contributed by atoms with van der Waals surface area (Å²) in [5, 5.41) is 3.57. The molecule has 2 heteroatoms. The molecule has 1 unspecified atom stereocenters. The van der Waals surface area contributed by atoms with E-state index in [4.69, 9.17) is 4.74 Å². The van der Waals surface area contributed by atoms with Crippen molar-refractivity contribution in [2.24, 2.45) is 0 Å². The van der Waals surface area contributed by atoms with Gasteiger partial charge in [0.15, 0.2) is 0 Å². The molecular formula is C20H27NO. The lowest BCUT2D eigenvalue weighted by Crippen LogP contribution is -2.20. The summed E-state index contributed by atoms with van der Waals surface area (Å²) in [6, 6.07) is 19.1. The molecule has 2 aromatic carbocycles. The van der Waals surface area contributed by atoms with Gasteiger partial charge in [0.1, 0.15) is 5.75 Å². The lowest BCUT2D eigenvalue weighted by atomic mass is 10.1. The summed E-state index contributed by atoms with van der Waals surface area (Å²) in [4.78, 5) is 0. The lowest BCUT2D eigenvalue weighted by Gasteiger charge is -2.18. The molecule has 0 bridgehead atoms. The number of ether oxygens (including phenoxy) is 1. The van der Waals surface area contributed by atoms with Crippen LogP contribution in [-0.2, 0) is 6.42 Å². The van der Waals surface area contributed by atoms with E-state index in [9.17, 15) is 0 Å². The maximum atomic E-state index is 6.03. The molecule has 22 heavy (non-hydrogen) atoms. The molecular weight excluding hydrogens is 270 g/mol. The molecule has 0 aliphatic rings. The molecule has 0 aliphatic heterocycles. The van der Waals surface area contributed by atoms with Crippen molar-refractivity contribution in [1.82, 2.24) is 5.32 Å². The zero-order valence-corrected chi connectivity index (χ0v) is 13.7. The first kappa shape index (κ1) is 16.6. The van der Waals surface area contributed by atoms with Crippen molar-refractivity contribution in [3.63, 3.8) is 0 Å². The number of nitrogens with one attached hydrogen (secondary N) is 1. The molecule has 1 N–H and O–H groups in total. The highest BCUT2D eigenvalue weighted by Crippen LogP contribution is 2.25. The monoisotopic (exact) mass is 297 g/mol. The Morgan fingerprint density at radius 3 is 2.50 bits per heavy atom. The van der Waals surface area contributed by atoms with Crippen molar-refractivity contribution in [2.75, 3.05) is 13.2 Å². The van der Waals surface area contributed by atoms with E-state index in [0.29, 0.717) is 12.6 Å². The molecule has 118 valence electrons. The van der Waals surface area contributed by atoms with Crippen molar-refractivity contribution in [1.29, 1.82) is 0 Å². The van der Waals surface area contributed by atoms with Crippen molar-refractivity contribution in [3.05, 3.63) is 65.7 Å². The molecule has 0 amide bonds. The van der Waals surface area contributed by atoms with Gasteiger partial charge in [0, 0.05) is 18.0 Å². The summed E-state index contributed by atoms with van der Waals surface area (Å²) in [6.07, 6.45) is 3.36. The van der Waals surface area contributed by atoms with Gasteiger partial charge in [-0.2, -0.15) is 0 Å². The van der Waals surface area contributed by atoms with Gasteiger partial charge in [0.2, 0.25) is 0 Å². The molecule has 0 radical (unpaired) electrons. The second-order valence-corrected chi connectivity index (χ2v) is 5.65. The summed E-state index contributed by atoms with van der Waals surface area (Å²) in [5.74, 6) is 0.995. The van der Waals surface area contributed by atoms with Crippen molar-refractivity contribution >= 4 is 0 Å². The smallest absolute Gasteiger partial charge is 0.124 e. The normalized spacial score (nSPS) is 12.1. The van der Waals surface area contributed by atoms with Gasteiger partial charge in [-0.05, 0) is 31.5 Å². The first-order chi connectivity index (χ1) is 10.8. The van der Waals surface area contributed by atoms with E-state index in [1.807, 2.05) is 12.1 Å². The number of rotatable bonds is 9. The Morgan fingerprint density at radius 1 is 1.00 bits per heavy atom. The van der Waals surface area contributed by atoms with Gasteiger partial charge in [0.25, 0.3) is 0 Å². The quantitative estimate of drug-likeness (QED) is 0.674. The molecule has 0 heterocycles. The van der Waals surface area contributed by atoms with E-state index < -0.39 is 0 Å². The predicted octanol–water partition coefficient (Wildman–Crippen LogP) is 4.76. The van der Waals surface area contributed by atoms with Gasteiger partial charge >= 0.3 is 0 Å². The maximum absolute atomic E-state index is 6.03. The molecule has 0 saturated heterocycles. The fourth-order valence-electron chi connectivity index (χ4n) is 2.50. The van der Waals surface area contributed by atoms with E-state index in [0.717, 1.165) is 18.7 Å². The molecule has 0 aliphatic carbocycles. The minimum absolute atomic E-state index is 0.319. The molecule has 2 rings (SSSR count). The zero-order chi connectivity index (χ0) is 15.6. The molecule has 2 aromatic rings. The molecule has 0 fully saturated rings. The molecule has 1 atom stereocenters. The van der Waals surface area contributed by atoms with E-state index >= 15 is 0 Å². The lowest BCUT2D eigenvalue weighted by molar-refractivity contribution is 0.315. The van der Waals surface area contributed by atoms with E-state index in [1.54, 1.807) is 0 Å². The number of benzene rings is 2. The van der Waals surface area contributed by atoms with Crippen LogP contribution in [0.2, 0.25) is 0 Å². The minimum Gasteiger partial charge on any atom is -0.493 e. The van der Waals surface area contributed by atoms with Gasteiger partial charge in [-0.15, -0.1) is 0 Å². The van der Waals surface area contributed by atoms with Gasteiger partial charge in [-0.25, -0.2) is 0 Å². The Kier molecular flexibility index (Phi) is 6.98. The number of unbranched alkanes of at least 4 members (excludes halogenated alkanes) is 1. The summed E-state index contributed by atoms with van der Waals surface area (Å²) in [5.41, 5.74) is 2.56. The van der Waals surface area contributed by atoms with Crippen LogP contribution >= 0.6 is 0 Å². The summed E-state index contributed by atoms with van der Waals surface area (Å²) in [6.45, 7) is 6.18. The van der Waals surface area contributed by atoms with Crippen molar-refractivity contribution in [2.45, 2.75) is 39.2 Å². The molecule has 2 nitrogen and oxygen atoms in total. The summed E-state index contributed by atoms with van der Waals surface area (Å²) < 4.78 is 6.03. The van der Waals surface area contributed by atoms with Crippen LogP contribution < -0.4 is 10.1 Å². The second-order valence-electron chi connectivity index (χ2n) is 5.65. The second kappa shape index (κ2) is 9.26. The molecule has 0 saturated carbocycles. The third-order valence-electron chi connectivity index (χ3n) is 3.86. The van der Waals surface area contributed by atoms with Crippen molar-refractivity contribution < 1.29 is 4.74 Å². The molecule has 0 aromatic heterocycles. The van der Waals surface area contributed by atoms with Gasteiger partial charge in [-0.1, -0.05) is 61.9 Å². The van der Waals surface area contributed by atoms with E-state index in [-0.39, 0.29) is 0 Å². The van der Waals surface area contributed by atoms with E-state index in [2.05, 4.69) is 61.6 Å². The maximum Gasteiger partial charge on any atom is 0.124 e. The largest absolute Gasteiger partial charge is 0.493 e. The average Bonchev–Trinajstić information content (AvgIpc) is 2.56. The third-order valence-corrected chi connectivity index (χ3v) is 3.86. The highest BCUT2D eigenvalue weighted by molar-refractivity contribution is 5.35. The molecule has 0 spiro atoms. The number of hydrogen-bond donors (Lipinski definition) is 1. The zero-order valence-electron chi connectivity index (χ0n) is 13.7. The topological polar surface area (TPSA) is 21.3 Å². The average molecular weight is 297 g/mol. The number of para-hydroxylation sites is 1. The Bertz CT molecular complexity index is 538. The Labute approximate surface area is 134 Å². The van der Waals surface area contributed by atoms with Crippen LogP contribution in [-0.4, -0.2) is 13.2 Å². The van der Waals surface area contributed by atoms with Crippen LogP contribution in [0.15, 0.2) is 54.6 Å². The standard InChI is InChI=1S/C20H27NO/c1-3-4-15-21-17(2)19-12-8-9-13-20(19)22-16-14-18-10-6-5-7-11-18/h5-13,17,21H,3-4,14-16H2,1-2H3. The van der Waals surface area contributed by atoms with Crippen LogP contribution in [0.3, 0.4) is 0 Å². The summed E-state index contributed by atoms with van der Waals surface area (Å²) >= 11 is 0. The van der Waals surface area contributed by atoms with Gasteiger partial charge in [-0.3, -0.25) is 0 Å². The Balaban J connectivity index is 1.90. The van der Waals surface area contributed by atoms with Crippen LogP contribution in [0.4, 0.5) is 0 Å². The predicted molar refractivity (Wildman–Crippen MR) is 93.4 cm³/mol. The Morgan fingerprint density at radius 2 is 1.73 bits per heavy atom. The number of hydrogen-bond acceptors (Lipinski definition) is 2. The first-order valence-electron chi connectivity index (χ1n) is 8.30. The minimum atomic E-state index is 0.319. The van der Waals surface area contributed by atoms with Gasteiger partial charge in [0.05, 0.1) is 6.61 Å². The van der Waals surface area contributed by atoms with Gasteiger partial charge < -0.3 is 10.1 Å². The van der Waals surface area contributed by atoms with E-state index in [1.165, 1.54) is 24.0 Å². The highest BCUT2D eigenvalue weighted by atomic mass is 16.5. The van der Waals surface area contributed by atoms with Crippen LogP contribution in [0.25, 0.3) is 0 Å². The third kappa shape index (κ3) is 5.19. The summed E-state index contributed by atoms with van der Waals surface area (Å²) in [7, 11) is 0. The SMILES string of the molecule is CCCCNC(C)c1ccccc1OCCc1ccccc1. The van der Waals surface area contributed by atoms with Crippen LogP contribution in [0, 0.1) is 0 Å². The van der Waals surface area contributed by atoms with Crippen molar-refractivity contribution in [3.8, 4) is 5.75 Å². The highest BCUT2D eigenvalue weighted by Gasteiger charge is 2.10. The fraction of sp³-hybridized carbons (Fsp3) is 0.400. The van der Waals surface area contributed by atoms with Crippen LogP contribution in [0.5, 0.6) is 5.75 Å². The fourth-order valence-corrected chi connectivity index (χ4v) is 2.50. The first-order valence-corrected chi connectivity index (χ1v) is 8.30. The van der Waals surface area contributed by atoms with Crippen LogP contribution in [0.1, 0.15) is 43.9 Å². The Hall–Kier alpha value is -1.80.